The van der Waals surface area contributed by atoms with Crippen molar-refractivity contribution in [1.82, 2.24) is 9.88 Å². The number of nitrogens with zero attached hydrogens (tertiary/aromatic N) is 2. The summed E-state index contributed by atoms with van der Waals surface area (Å²) in [4.78, 5) is 35.0. The molecule has 7 nitrogen and oxygen atoms in total. The summed E-state index contributed by atoms with van der Waals surface area (Å²) in [6, 6.07) is 3.25. The largest absolute Gasteiger partial charge is 0.503 e. The van der Waals surface area contributed by atoms with Crippen LogP contribution >= 0.6 is 22.7 Å². The lowest BCUT2D eigenvalue weighted by Crippen LogP contribution is -3.14. The standard InChI is InChI=1S/C20H23N3O4S2/c1-12-19(29-13(2)21-12)17(24)15-16(14-4-3-11-28-14)23(20(26)18(15)25)6-5-22-7-9-27-10-8-22/h3-4,11,16,25H,5-10H2,1-2H3/p+1/t16-/m0/s1. The predicted molar refractivity (Wildman–Crippen MR) is 111 cm³/mol. The van der Waals surface area contributed by atoms with Gasteiger partial charge >= 0.3 is 0 Å². The van der Waals surface area contributed by atoms with Gasteiger partial charge in [0.2, 0.25) is 5.78 Å². The number of aromatic nitrogens is 1. The van der Waals surface area contributed by atoms with E-state index >= 15 is 0 Å². The van der Waals surface area contributed by atoms with Gasteiger partial charge in [-0.2, -0.15) is 0 Å². The number of carbonyl (C=O) groups is 2. The van der Waals surface area contributed by atoms with Crippen LogP contribution in [0.2, 0.25) is 0 Å². The minimum atomic E-state index is -0.558. The SMILES string of the molecule is Cc1nc(C)c(C(=O)C2=C(O)C(=O)N(CC[NH+]3CCOCC3)[C@H]2c2cccs2)s1. The van der Waals surface area contributed by atoms with E-state index in [4.69, 9.17) is 4.74 Å². The van der Waals surface area contributed by atoms with Crippen LogP contribution in [-0.4, -0.2) is 66.1 Å². The number of ether oxygens (including phenoxy) is 1. The molecule has 29 heavy (non-hydrogen) atoms. The summed E-state index contributed by atoms with van der Waals surface area (Å²) >= 11 is 2.78. The van der Waals surface area contributed by atoms with Crippen LogP contribution < -0.4 is 4.90 Å². The van der Waals surface area contributed by atoms with Crippen molar-refractivity contribution in [3.8, 4) is 0 Å². The van der Waals surface area contributed by atoms with Crippen LogP contribution in [0.15, 0.2) is 28.8 Å². The van der Waals surface area contributed by atoms with Crippen molar-refractivity contribution < 1.29 is 24.3 Å². The maximum absolute atomic E-state index is 13.4. The molecule has 2 aromatic rings. The third-order valence-electron chi connectivity index (χ3n) is 5.38. The lowest BCUT2D eigenvalue weighted by molar-refractivity contribution is -0.907. The molecule has 2 aromatic heterocycles. The van der Waals surface area contributed by atoms with Gasteiger partial charge in [0, 0.05) is 4.88 Å². The Balaban J connectivity index is 1.65. The lowest BCUT2D eigenvalue weighted by atomic mass is 10.0. The van der Waals surface area contributed by atoms with Crippen LogP contribution in [0, 0.1) is 13.8 Å². The Labute approximate surface area is 177 Å². The molecule has 0 aliphatic carbocycles. The van der Waals surface area contributed by atoms with Gasteiger partial charge in [-0.1, -0.05) is 6.07 Å². The molecule has 0 aromatic carbocycles. The molecule has 4 heterocycles. The van der Waals surface area contributed by atoms with Crippen molar-refractivity contribution in [2.45, 2.75) is 19.9 Å². The van der Waals surface area contributed by atoms with Gasteiger partial charge in [0.05, 0.1) is 53.5 Å². The van der Waals surface area contributed by atoms with Crippen LogP contribution in [0.3, 0.4) is 0 Å². The second-order valence-corrected chi connectivity index (χ2v) is 9.45. The Bertz CT molecular complexity index is 945. The van der Waals surface area contributed by atoms with Gasteiger partial charge in [-0.25, -0.2) is 4.98 Å². The lowest BCUT2D eigenvalue weighted by Gasteiger charge is -2.29. The molecule has 1 amide bonds. The summed E-state index contributed by atoms with van der Waals surface area (Å²) in [5, 5.41) is 13.4. The number of aryl methyl sites for hydroxylation is 2. The summed E-state index contributed by atoms with van der Waals surface area (Å²) in [5.74, 6) is -1.22. The highest BCUT2D eigenvalue weighted by molar-refractivity contribution is 7.14. The fourth-order valence-corrected chi connectivity index (χ4v) is 5.63. The molecule has 1 fully saturated rings. The Morgan fingerprint density at radius 1 is 1.38 bits per heavy atom. The van der Waals surface area contributed by atoms with Gasteiger partial charge < -0.3 is 19.6 Å². The number of amides is 1. The monoisotopic (exact) mass is 434 g/mol. The van der Waals surface area contributed by atoms with Crippen LogP contribution in [-0.2, 0) is 9.53 Å². The van der Waals surface area contributed by atoms with E-state index in [-0.39, 0.29) is 11.4 Å². The number of quaternary nitrogens is 1. The van der Waals surface area contributed by atoms with Gasteiger partial charge in [-0.3, -0.25) is 9.59 Å². The summed E-state index contributed by atoms with van der Waals surface area (Å²) in [7, 11) is 0. The minimum Gasteiger partial charge on any atom is -0.503 e. The molecular weight excluding hydrogens is 410 g/mol. The maximum Gasteiger partial charge on any atom is 0.290 e. The average molecular weight is 435 g/mol. The molecule has 4 rings (SSSR count). The molecule has 2 N–H and O–H groups in total. The van der Waals surface area contributed by atoms with E-state index in [2.05, 4.69) is 4.98 Å². The first-order valence-corrected chi connectivity index (χ1v) is 11.3. The summed E-state index contributed by atoms with van der Waals surface area (Å²) in [6.45, 7) is 8.08. The van der Waals surface area contributed by atoms with Crippen molar-refractivity contribution >= 4 is 34.4 Å². The third kappa shape index (κ3) is 3.87. The molecule has 0 saturated carbocycles. The van der Waals surface area contributed by atoms with Crippen molar-refractivity contribution in [2.75, 3.05) is 39.4 Å². The van der Waals surface area contributed by atoms with Crippen molar-refractivity contribution in [2.24, 2.45) is 0 Å². The van der Waals surface area contributed by atoms with Crippen LogP contribution in [0.25, 0.3) is 0 Å². The topological polar surface area (TPSA) is 84.2 Å². The van der Waals surface area contributed by atoms with Gasteiger partial charge in [0.15, 0.2) is 5.76 Å². The number of thiazole rings is 1. The smallest absolute Gasteiger partial charge is 0.290 e. The number of rotatable bonds is 6. The first-order chi connectivity index (χ1) is 14.0. The highest BCUT2D eigenvalue weighted by Gasteiger charge is 2.45. The molecular formula is C20H24N3O4S2+. The number of morpholine rings is 1. The van der Waals surface area contributed by atoms with Crippen LogP contribution in [0.4, 0.5) is 0 Å². The number of nitrogens with one attached hydrogen (secondary N) is 1. The number of aliphatic hydroxyl groups excluding tert-OH is 1. The van der Waals surface area contributed by atoms with Crippen molar-refractivity contribution in [3.63, 3.8) is 0 Å². The normalized spacial score (nSPS) is 20.7. The zero-order valence-electron chi connectivity index (χ0n) is 16.4. The van der Waals surface area contributed by atoms with Crippen molar-refractivity contribution in [1.29, 1.82) is 0 Å². The summed E-state index contributed by atoms with van der Waals surface area (Å²) < 4.78 is 5.40. The average Bonchev–Trinajstić information content (AvgIpc) is 3.41. The molecule has 0 spiro atoms. The van der Waals surface area contributed by atoms with Gasteiger partial charge in [0.1, 0.15) is 13.1 Å². The predicted octanol–water partition coefficient (Wildman–Crippen LogP) is 1.31. The number of hydrogen-bond acceptors (Lipinski definition) is 7. The number of carbonyl (C=O) groups excluding carboxylic acids is 2. The number of hydrogen-bond donors (Lipinski definition) is 2. The second-order valence-electron chi connectivity index (χ2n) is 7.27. The van der Waals surface area contributed by atoms with Gasteiger partial charge in [0.25, 0.3) is 5.91 Å². The molecule has 2 aliphatic heterocycles. The number of thiophene rings is 1. The Hall–Kier alpha value is -2.07. The Kier molecular flexibility index (Phi) is 5.82. The fourth-order valence-electron chi connectivity index (χ4n) is 3.91. The van der Waals surface area contributed by atoms with Crippen LogP contribution in [0.1, 0.15) is 31.3 Å². The van der Waals surface area contributed by atoms with Gasteiger partial charge in [-0.05, 0) is 25.3 Å². The zero-order chi connectivity index (χ0) is 20.5. The number of Topliss-reactive ketones (excluding diaryl/α,β-unsaturated/α-hetero) is 1. The van der Waals surface area contributed by atoms with E-state index in [1.165, 1.54) is 27.6 Å². The molecule has 1 atom stereocenters. The second kappa shape index (κ2) is 8.35. The third-order valence-corrected chi connectivity index (χ3v) is 7.37. The van der Waals surface area contributed by atoms with E-state index in [9.17, 15) is 14.7 Å². The highest BCUT2D eigenvalue weighted by atomic mass is 32.1. The highest BCUT2D eigenvalue weighted by Crippen LogP contribution is 2.41. The van der Waals surface area contributed by atoms with E-state index < -0.39 is 17.7 Å². The molecule has 0 bridgehead atoms. The molecule has 154 valence electrons. The molecule has 2 aliphatic rings. The van der Waals surface area contributed by atoms with Crippen molar-refractivity contribution in [3.05, 3.63) is 49.3 Å². The fraction of sp³-hybridized carbons (Fsp3) is 0.450. The molecule has 0 unspecified atom stereocenters. The van der Waals surface area contributed by atoms with E-state index in [0.717, 1.165) is 42.7 Å². The maximum atomic E-state index is 13.4. The molecule has 1 saturated heterocycles. The first kappa shape index (κ1) is 20.2. The minimum absolute atomic E-state index is 0.168. The van der Waals surface area contributed by atoms with E-state index in [1.807, 2.05) is 24.4 Å². The van der Waals surface area contributed by atoms with E-state index in [0.29, 0.717) is 17.1 Å². The molecule has 0 radical (unpaired) electrons. The number of aliphatic hydroxyl groups is 1. The summed E-state index contributed by atoms with van der Waals surface area (Å²) in [5.41, 5.74) is 0.799. The Morgan fingerprint density at radius 3 is 2.76 bits per heavy atom. The quantitative estimate of drug-likeness (QED) is 0.670. The Morgan fingerprint density at radius 2 is 2.14 bits per heavy atom. The first-order valence-electron chi connectivity index (χ1n) is 9.65. The zero-order valence-corrected chi connectivity index (χ0v) is 18.1. The summed E-state index contributed by atoms with van der Waals surface area (Å²) in [6.07, 6.45) is 0. The van der Waals surface area contributed by atoms with Gasteiger partial charge in [-0.15, -0.1) is 22.7 Å². The number of ketones is 1. The van der Waals surface area contributed by atoms with E-state index in [1.54, 1.807) is 11.8 Å². The molecule has 9 heteroatoms. The van der Waals surface area contributed by atoms with Crippen LogP contribution in [0.5, 0.6) is 0 Å².